The molecule has 0 spiro atoms. The van der Waals surface area contributed by atoms with E-state index >= 15 is 0 Å². The van der Waals surface area contributed by atoms with Crippen LogP contribution in [0.25, 0.3) is 5.57 Å². The first-order valence-corrected chi connectivity index (χ1v) is 6.79. The highest BCUT2D eigenvalue weighted by Crippen LogP contribution is 2.32. The molecule has 1 aromatic rings. The summed E-state index contributed by atoms with van der Waals surface area (Å²) in [7, 11) is 0. The van der Waals surface area contributed by atoms with Crippen LogP contribution in [0.1, 0.15) is 56.4 Å². The van der Waals surface area contributed by atoms with Gasteiger partial charge in [0.05, 0.1) is 0 Å². The molecular weight excluding hydrogens is 218 g/mol. The fourth-order valence-electron chi connectivity index (χ4n) is 2.61. The normalized spacial score (nSPS) is 11.7. The number of allylic oxidation sites excluding steroid dienone is 1. The van der Waals surface area contributed by atoms with Crippen molar-refractivity contribution < 1.29 is 0 Å². The summed E-state index contributed by atoms with van der Waals surface area (Å²) >= 11 is 0. The molecule has 0 amide bonds. The topological polar surface area (TPSA) is 26.0 Å². The van der Waals surface area contributed by atoms with Crippen LogP contribution in [0, 0.1) is 12.3 Å². The first-order chi connectivity index (χ1) is 8.30. The highest BCUT2D eigenvalue weighted by Gasteiger charge is 2.16. The van der Waals surface area contributed by atoms with E-state index in [4.69, 9.17) is 5.73 Å². The van der Waals surface area contributed by atoms with Gasteiger partial charge in [0.15, 0.2) is 0 Å². The summed E-state index contributed by atoms with van der Waals surface area (Å²) in [6, 6.07) is 4.35. The maximum Gasteiger partial charge on any atom is 0.0180 e. The molecule has 100 valence electrons. The van der Waals surface area contributed by atoms with Crippen LogP contribution in [-0.2, 0) is 13.0 Å². The van der Waals surface area contributed by atoms with Gasteiger partial charge in [-0.25, -0.2) is 0 Å². The van der Waals surface area contributed by atoms with E-state index in [0.29, 0.717) is 6.54 Å². The summed E-state index contributed by atoms with van der Waals surface area (Å²) in [6.45, 7) is 16.0. The smallest absolute Gasteiger partial charge is 0.0180 e. The number of hydrogen-bond donors (Lipinski definition) is 1. The first-order valence-electron chi connectivity index (χ1n) is 6.79. The van der Waals surface area contributed by atoms with Gasteiger partial charge in [-0.2, -0.15) is 0 Å². The predicted octanol–water partition coefficient (Wildman–Crippen LogP) is 4.47. The van der Waals surface area contributed by atoms with Crippen LogP contribution < -0.4 is 5.73 Å². The lowest BCUT2D eigenvalue weighted by Gasteiger charge is -2.22. The Morgan fingerprint density at radius 1 is 1.28 bits per heavy atom. The minimum atomic E-state index is 0.280. The van der Waals surface area contributed by atoms with Gasteiger partial charge in [0, 0.05) is 6.54 Å². The third-order valence-electron chi connectivity index (χ3n) is 3.39. The second-order valence-electron chi connectivity index (χ2n) is 6.27. The average Bonchev–Trinajstić information content (AvgIpc) is 2.25. The maximum atomic E-state index is 5.80. The molecule has 0 aliphatic rings. The Labute approximate surface area is 112 Å². The fourth-order valence-corrected chi connectivity index (χ4v) is 2.61. The van der Waals surface area contributed by atoms with Gasteiger partial charge in [0.2, 0.25) is 0 Å². The highest BCUT2D eigenvalue weighted by molar-refractivity contribution is 5.68. The number of benzene rings is 1. The average molecular weight is 245 g/mol. The van der Waals surface area contributed by atoms with E-state index < -0.39 is 0 Å². The van der Waals surface area contributed by atoms with Gasteiger partial charge in [0.25, 0.3) is 0 Å². The molecular formula is C17H27N. The summed E-state index contributed by atoms with van der Waals surface area (Å²) in [5.74, 6) is 0. The number of rotatable bonds is 4. The van der Waals surface area contributed by atoms with Gasteiger partial charge >= 0.3 is 0 Å². The van der Waals surface area contributed by atoms with E-state index in [1.165, 1.54) is 27.8 Å². The Balaban J connectivity index is 3.15. The minimum Gasteiger partial charge on any atom is -0.326 e. The summed E-state index contributed by atoms with van der Waals surface area (Å²) in [4.78, 5) is 0. The lowest BCUT2D eigenvalue weighted by molar-refractivity contribution is 0.427. The van der Waals surface area contributed by atoms with Crippen molar-refractivity contribution in [1.29, 1.82) is 0 Å². The Morgan fingerprint density at radius 2 is 1.89 bits per heavy atom. The van der Waals surface area contributed by atoms with Crippen molar-refractivity contribution in [2.45, 2.75) is 54.0 Å². The van der Waals surface area contributed by atoms with E-state index in [1.54, 1.807) is 0 Å². The van der Waals surface area contributed by atoms with Crippen LogP contribution in [0.4, 0.5) is 0 Å². The van der Waals surface area contributed by atoms with Crippen LogP contribution in [0.15, 0.2) is 18.7 Å². The van der Waals surface area contributed by atoms with E-state index in [9.17, 15) is 0 Å². The van der Waals surface area contributed by atoms with Gasteiger partial charge in [-0.05, 0) is 53.0 Å². The van der Waals surface area contributed by atoms with E-state index in [0.717, 1.165) is 12.8 Å². The molecule has 0 radical (unpaired) electrons. The molecule has 0 saturated heterocycles. The van der Waals surface area contributed by atoms with Crippen molar-refractivity contribution in [2.24, 2.45) is 11.1 Å². The molecule has 0 aliphatic carbocycles. The lowest BCUT2D eigenvalue weighted by Crippen LogP contribution is -2.08. The highest BCUT2D eigenvalue weighted by atomic mass is 14.5. The minimum absolute atomic E-state index is 0.280. The number of nitrogens with two attached hydrogens (primary N) is 1. The molecule has 1 rings (SSSR count). The van der Waals surface area contributed by atoms with Crippen molar-refractivity contribution in [1.82, 2.24) is 0 Å². The second-order valence-corrected chi connectivity index (χ2v) is 6.27. The van der Waals surface area contributed by atoms with Crippen molar-refractivity contribution in [3.05, 3.63) is 41.0 Å². The van der Waals surface area contributed by atoms with Gasteiger partial charge in [-0.3, -0.25) is 0 Å². The Morgan fingerprint density at radius 3 is 2.33 bits per heavy atom. The second kappa shape index (κ2) is 5.71. The van der Waals surface area contributed by atoms with Gasteiger partial charge in [0.1, 0.15) is 0 Å². The first kappa shape index (κ1) is 15.0. The van der Waals surface area contributed by atoms with Crippen LogP contribution in [0.3, 0.4) is 0 Å². The van der Waals surface area contributed by atoms with E-state index in [-0.39, 0.29) is 5.41 Å². The monoisotopic (exact) mass is 245 g/mol. The van der Waals surface area contributed by atoms with Crippen LogP contribution in [0.5, 0.6) is 0 Å². The third kappa shape index (κ3) is 3.46. The summed E-state index contributed by atoms with van der Waals surface area (Å²) in [5.41, 5.74) is 12.6. The molecule has 2 N–H and O–H groups in total. The quantitative estimate of drug-likeness (QED) is 0.832. The molecule has 1 heteroatoms. The van der Waals surface area contributed by atoms with Gasteiger partial charge in [-0.1, -0.05) is 46.4 Å². The van der Waals surface area contributed by atoms with Crippen molar-refractivity contribution in [2.75, 3.05) is 0 Å². The standard InChI is InChI=1S/C17H27N/c1-7-15-13(3)16(9-8-14(15)11-18)12(2)10-17(4,5)6/h8-9H,2,7,10-11,18H2,1,3-6H3. The zero-order valence-electron chi connectivity index (χ0n) is 12.6. The van der Waals surface area contributed by atoms with Crippen LogP contribution in [0.2, 0.25) is 0 Å². The third-order valence-corrected chi connectivity index (χ3v) is 3.39. The van der Waals surface area contributed by atoms with E-state index in [2.05, 4.69) is 53.3 Å². The Kier molecular flexibility index (Phi) is 4.75. The van der Waals surface area contributed by atoms with Crippen molar-refractivity contribution in [3.8, 4) is 0 Å². The zero-order chi connectivity index (χ0) is 13.9. The molecule has 0 saturated carbocycles. The summed E-state index contributed by atoms with van der Waals surface area (Å²) in [5, 5.41) is 0. The largest absolute Gasteiger partial charge is 0.326 e. The molecule has 0 unspecified atom stereocenters. The zero-order valence-corrected chi connectivity index (χ0v) is 12.6. The molecule has 0 atom stereocenters. The molecule has 1 aromatic carbocycles. The maximum absolute atomic E-state index is 5.80. The van der Waals surface area contributed by atoms with Crippen molar-refractivity contribution >= 4 is 5.57 Å². The Bertz CT molecular complexity index is 436. The number of hydrogen-bond acceptors (Lipinski definition) is 1. The molecule has 0 aliphatic heterocycles. The van der Waals surface area contributed by atoms with Crippen LogP contribution in [-0.4, -0.2) is 0 Å². The molecule has 0 aromatic heterocycles. The predicted molar refractivity (Wildman–Crippen MR) is 81.6 cm³/mol. The molecule has 0 heterocycles. The van der Waals surface area contributed by atoms with Crippen molar-refractivity contribution in [3.63, 3.8) is 0 Å². The van der Waals surface area contributed by atoms with Gasteiger partial charge < -0.3 is 5.73 Å². The SMILES string of the molecule is C=C(CC(C)(C)C)c1ccc(CN)c(CC)c1C. The van der Waals surface area contributed by atoms with Crippen LogP contribution >= 0.6 is 0 Å². The Hall–Kier alpha value is -1.08. The summed E-state index contributed by atoms with van der Waals surface area (Å²) < 4.78 is 0. The van der Waals surface area contributed by atoms with Gasteiger partial charge in [-0.15, -0.1) is 0 Å². The molecule has 18 heavy (non-hydrogen) atoms. The molecule has 1 nitrogen and oxygen atoms in total. The molecule has 0 bridgehead atoms. The fraction of sp³-hybridized carbons (Fsp3) is 0.529. The molecule has 0 fully saturated rings. The summed E-state index contributed by atoms with van der Waals surface area (Å²) in [6.07, 6.45) is 2.06. The lowest BCUT2D eigenvalue weighted by atomic mass is 9.83. The van der Waals surface area contributed by atoms with E-state index in [1.807, 2.05) is 0 Å².